The van der Waals surface area contributed by atoms with Gasteiger partial charge in [-0.2, -0.15) is 0 Å². The largest absolute Gasteiger partial charge is 0.465 e. The third-order valence-electron chi connectivity index (χ3n) is 19.8. The molecule has 0 amide bonds. The predicted octanol–water partition coefficient (Wildman–Crippen LogP) is -0.693. The van der Waals surface area contributed by atoms with Crippen molar-refractivity contribution >= 4 is 11.9 Å². The number of ether oxygens (including phenoxy) is 8. The van der Waals surface area contributed by atoms with Crippen LogP contribution >= 0.6 is 0 Å². The van der Waals surface area contributed by atoms with Crippen molar-refractivity contribution < 1.29 is 104 Å². The van der Waals surface area contributed by atoms with Crippen LogP contribution in [0, 0.1) is 50.2 Å². The lowest BCUT2D eigenvalue weighted by Crippen LogP contribution is -2.72. The standard InChI is InChI=1S/C51H82O21/c1-22(53)67-21-51-25(16-46(3,4)42(41(51)64)68-23(2)54)24-10-11-30-48(7)14-13-32(47(5,6)29(48)12-15-49(30,8)50(24,9)17-31(51)56)71-45-40(72-44-39(63)36(60)34(58)27(18-52)69-44)37(61)35(59)28(70-45)20-66-43-38(62)33(57)26(55)19-65-43/h10,25-45,52,55-64H,11-21H2,1-9H3/t25-,26-,27+,28+,29-,30+,31+,32-,33-,34+,35+,36-,37-,38+,39+,40+,41-,42-,43-,44-,45-,48-,49+,50+,51-/m0/s1. The Hall–Kier alpha value is -2.00. The van der Waals surface area contributed by atoms with Crippen LogP contribution in [-0.2, 0) is 47.5 Å². The second-order valence-electron chi connectivity index (χ2n) is 24.5. The van der Waals surface area contributed by atoms with Crippen LogP contribution in [0.4, 0.5) is 0 Å². The molecule has 11 N–H and O–H groups in total. The van der Waals surface area contributed by atoms with Gasteiger partial charge in [0, 0.05) is 19.3 Å². The molecule has 3 saturated heterocycles. The molecule has 0 aromatic carbocycles. The van der Waals surface area contributed by atoms with Crippen LogP contribution in [0.2, 0.25) is 0 Å². The van der Waals surface area contributed by atoms with Gasteiger partial charge in [-0.1, -0.05) is 60.1 Å². The zero-order chi connectivity index (χ0) is 53.0. The van der Waals surface area contributed by atoms with Crippen LogP contribution in [0.3, 0.4) is 0 Å². The van der Waals surface area contributed by atoms with Crippen LogP contribution in [0.5, 0.6) is 0 Å². The lowest BCUT2D eigenvalue weighted by molar-refractivity contribution is -0.381. The van der Waals surface area contributed by atoms with Crippen molar-refractivity contribution in [3.63, 3.8) is 0 Å². The maximum atomic E-state index is 12.6. The summed E-state index contributed by atoms with van der Waals surface area (Å²) >= 11 is 0. The van der Waals surface area contributed by atoms with Crippen LogP contribution in [0.1, 0.15) is 107 Å². The maximum absolute atomic E-state index is 12.6. The molecule has 21 heteroatoms. The molecule has 8 rings (SSSR count). The summed E-state index contributed by atoms with van der Waals surface area (Å²) in [6.45, 7) is 15.8. The zero-order valence-electron chi connectivity index (χ0n) is 43.0. The molecule has 3 aliphatic heterocycles. The van der Waals surface area contributed by atoms with Crippen molar-refractivity contribution in [2.75, 3.05) is 26.4 Å². The number of allylic oxidation sites excluding steroid dienone is 2. The molecule has 0 unspecified atom stereocenters. The van der Waals surface area contributed by atoms with Gasteiger partial charge >= 0.3 is 11.9 Å². The first-order chi connectivity index (χ1) is 33.5. The Kier molecular flexibility index (Phi) is 15.7. The lowest BCUT2D eigenvalue weighted by Gasteiger charge is -2.72. The first-order valence-corrected chi connectivity index (χ1v) is 25.8. The Bertz CT molecular complexity index is 2000. The van der Waals surface area contributed by atoms with E-state index in [4.69, 9.17) is 37.9 Å². The van der Waals surface area contributed by atoms with Gasteiger partial charge in [0.25, 0.3) is 0 Å². The monoisotopic (exact) mass is 1030 g/mol. The molecule has 3 heterocycles. The number of rotatable bonds is 11. The van der Waals surface area contributed by atoms with Crippen molar-refractivity contribution in [1.82, 2.24) is 0 Å². The van der Waals surface area contributed by atoms with E-state index in [0.29, 0.717) is 25.7 Å². The Morgan fingerprint density at radius 2 is 1.36 bits per heavy atom. The van der Waals surface area contributed by atoms with Crippen LogP contribution in [0.15, 0.2) is 11.6 Å². The van der Waals surface area contributed by atoms with Crippen molar-refractivity contribution in [2.24, 2.45) is 50.2 Å². The first-order valence-electron chi connectivity index (χ1n) is 25.8. The minimum absolute atomic E-state index is 0.0339. The van der Waals surface area contributed by atoms with Gasteiger partial charge in [-0.05, 0) is 84.4 Å². The molecule has 0 bridgehead atoms. The van der Waals surface area contributed by atoms with Gasteiger partial charge in [0.2, 0.25) is 0 Å². The molecule has 5 aliphatic carbocycles. The van der Waals surface area contributed by atoms with Crippen LogP contribution in [-0.4, -0.2) is 205 Å². The van der Waals surface area contributed by atoms with Crippen molar-refractivity contribution in [3.05, 3.63) is 11.6 Å². The second kappa shape index (κ2) is 20.1. The molecule has 25 atom stereocenters. The summed E-state index contributed by atoms with van der Waals surface area (Å²) in [4.78, 5) is 24.8. The van der Waals surface area contributed by atoms with Gasteiger partial charge in [-0.15, -0.1) is 0 Å². The van der Waals surface area contributed by atoms with Crippen molar-refractivity contribution in [1.29, 1.82) is 0 Å². The molecule has 4 saturated carbocycles. The highest BCUT2D eigenvalue weighted by Crippen LogP contribution is 2.76. The number of aliphatic hydroxyl groups is 11. The SMILES string of the molecule is CC(=O)OC[C@@]12[C@H](O)C[C@]3(C)C(=CC[C@@H]4[C@@]5(C)CC[C@H](O[C@@H]6O[C@H](CO[C@@H]7OC[C@H](O)[C@H](O)[C@H]7O)[C@@H](O)[C@H](O)[C@H]6O[C@@H]6O[C@H](CO)[C@@H](O)[C@H](O)[C@H]6O)C(C)(C)[C@@H]5CC[C@]43C)[C@@H]1CC(C)(C)[C@@H](OC(C)=O)[C@@H]2O. The normalized spacial score (nSPS) is 51.8. The van der Waals surface area contributed by atoms with E-state index in [2.05, 4.69) is 40.7 Å². The highest BCUT2D eigenvalue weighted by molar-refractivity contribution is 5.66. The smallest absolute Gasteiger partial charge is 0.303 e. The summed E-state index contributed by atoms with van der Waals surface area (Å²) in [5.41, 5.74) is -2.76. The van der Waals surface area contributed by atoms with E-state index in [1.807, 2.05) is 13.8 Å². The number of carbonyl (C=O) groups is 2. The molecule has 8 aliphatic rings. The molecular formula is C51H82O21. The molecule has 0 spiro atoms. The number of hydrogen-bond acceptors (Lipinski definition) is 21. The van der Waals surface area contributed by atoms with E-state index in [1.54, 1.807) is 0 Å². The fourth-order valence-electron chi connectivity index (χ4n) is 15.6. The second-order valence-corrected chi connectivity index (χ2v) is 24.5. The topological polar surface area (TPSA) is 331 Å². The summed E-state index contributed by atoms with van der Waals surface area (Å²) < 4.78 is 47.7. The van der Waals surface area contributed by atoms with Gasteiger partial charge in [-0.3, -0.25) is 9.59 Å². The molecule has 0 aromatic heterocycles. The summed E-state index contributed by atoms with van der Waals surface area (Å²) in [5.74, 6) is -1.39. The molecule has 7 fully saturated rings. The molecule has 72 heavy (non-hydrogen) atoms. The number of carbonyl (C=O) groups excluding carboxylic acids is 2. The minimum Gasteiger partial charge on any atom is -0.465 e. The summed E-state index contributed by atoms with van der Waals surface area (Å²) in [7, 11) is 0. The fourth-order valence-corrected chi connectivity index (χ4v) is 15.6. The lowest BCUT2D eigenvalue weighted by atomic mass is 9.33. The third kappa shape index (κ3) is 9.02. The third-order valence-corrected chi connectivity index (χ3v) is 19.8. The fraction of sp³-hybridized carbons (Fsp3) is 0.922. The molecule has 21 nitrogen and oxygen atoms in total. The summed E-state index contributed by atoms with van der Waals surface area (Å²) in [6.07, 6.45) is -20.1. The maximum Gasteiger partial charge on any atom is 0.303 e. The van der Waals surface area contributed by atoms with Crippen LogP contribution < -0.4 is 0 Å². The predicted molar refractivity (Wildman–Crippen MR) is 247 cm³/mol. The Morgan fingerprint density at radius 1 is 0.708 bits per heavy atom. The number of fused-ring (bicyclic) bond motifs is 7. The number of esters is 2. The van der Waals surface area contributed by atoms with Crippen molar-refractivity contribution in [2.45, 2.75) is 218 Å². The summed E-state index contributed by atoms with van der Waals surface area (Å²) in [6, 6.07) is 0. The molecule has 412 valence electrons. The average molecular weight is 1030 g/mol. The van der Waals surface area contributed by atoms with Gasteiger partial charge in [-0.25, -0.2) is 0 Å². The Morgan fingerprint density at radius 3 is 2.01 bits per heavy atom. The quantitative estimate of drug-likeness (QED) is 0.0693. The van der Waals surface area contributed by atoms with E-state index in [1.165, 1.54) is 13.8 Å². The van der Waals surface area contributed by atoms with Gasteiger partial charge < -0.3 is 94.1 Å². The Balaban J connectivity index is 1.07. The van der Waals surface area contributed by atoms with Crippen molar-refractivity contribution in [3.8, 4) is 0 Å². The molecule has 0 radical (unpaired) electrons. The van der Waals surface area contributed by atoms with E-state index >= 15 is 0 Å². The van der Waals surface area contributed by atoms with E-state index in [9.17, 15) is 65.8 Å². The van der Waals surface area contributed by atoms with Gasteiger partial charge in [0.05, 0.1) is 37.4 Å². The van der Waals surface area contributed by atoms with Crippen LogP contribution in [0.25, 0.3) is 0 Å². The Labute approximate surface area is 420 Å². The summed E-state index contributed by atoms with van der Waals surface area (Å²) in [5, 5.41) is 121. The molecule has 0 aromatic rings. The average Bonchev–Trinajstić information content (AvgIpc) is 3.30. The highest BCUT2D eigenvalue weighted by Gasteiger charge is 2.73. The molecular weight excluding hydrogens is 949 g/mol. The van der Waals surface area contributed by atoms with E-state index in [0.717, 1.165) is 18.4 Å². The number of hydrogen-bond donors (Lipinski definition) is 11. The van der Waals surface area contributed by atoms with Gasteiger partial charge in [0.15, 0.2) is 18.9 Å². The minimum atomic E-state index is -1.86. The zero-order valence-corrected chi connectivity index (χ0v) is 43.0. The van der Waals surface area contributed by atoms with E-state index < -0.39 is 163 Å². The number of aliphatic hydroxyl groups excluding tert-OH is 11. The van der Waals surface area contributed by atoms with E-state index in [-0.39, 0.29) is 42.3 Å². The first kappa shape index (κ1) is 56.2. The van der Waals surface area contributed by atoms with Gasteiger partial charge in [0.1, 0.15) is 86.0 Å². The highest BCUT2D eigenvalue weighted by atomic mass is 16.8.